The van der Waals surface area contributed by atoms with Gasteiger partial charge in [-0.2, -0.15) is 0 Å². The normalized spacial score (nSPS) is 11.4. The fourth-order valence-corrected chi connectivity index (χ4v) is 2.86. The summed E-state index contributed by atoms with van der Waals surface area (Å²) in [6.45, 7) is 5.99. The SMILES string of the molecule is CC(C)(C)OC(=O)COCCc1cc(Br)cc(Br)c1. The van der Waals surface area contributed by atoms with Crippen molar-refractivity contribution in [2.45, 2.75) is 32.8 Å². The van der Waals surface area contributed by atoms with Gasteiger partial charge >= 0.3 is 5.97 Å². The first kappa shape index (κ1) is 16.7. The van der Waals surface area contributed by atoms with E-state index in [9.17, 15) is 4.79 Å². The average molecular weight is 394 g/mol. The quantitative estimate of drug-likeness (QED) is 0.557. The highest BCUT2D eigenvalue weighted by molar-refractivity contribution is 9.11. The standard InChI is InChI=1S/C14H18Br2O3/c1-14(2,3)19-13(17)9-18-5-4-10-6-11(15)8-12(16)7-10/h6-8H,4-5,9H2,1-3H3. The minimum Gasteiger partial charge on any atom is -0.458 e. The molecule has 106 valence electrons. The summed E-state index contributed by atoms with van der Waals surface area (Å²) in [5.41, 5.74) is 0.681. The molecule has 0 saturated heterocycles. The fraction of sp³-hybridized carbons (Fsp3) is 0.500. The first-order valence-electron chi connectivity index (χ1n) is 6.01. The molecule has 1 aromatic carbocycles. The van der Waals surface area contributed by atoms with Crippen LogP contribution < -0.4 is 0 Å². The Morgan fingerprint density at radius 1 is 1.16 bits per heavy atom. The monoisotopic (exact) mass is 392 g/mol. The van der Waals surface area contributed by atoms with Gasteiger partial charge in [-0.1, -0.05) is 31.9 Å². The van der Waals surface area contributed by atoms with E-state index in [-0.39, 0.29) is 12.6 Å². The van der Waals surface area contributed by atoms with E-state index in [0.29, 0.717) is 6.61 Å². The zero-order valence-corrected chi connectivity index (χ0v) is 14.5. The Kier molecular flexibility index (Phi) is 6.50. The lowest BCUT2D eigenvalue weighted by atomic mass is 10.2. The van der Waals surface area contributed by atoms with E-state index in [2.05, 4.69) is 31.9 Å². The summed E-state index contributed by atoms with van der Waals surface area (Å²) in [4.78, 5) is 11.4. The van der Waals surface area contributed by atoms with E-state index >= 15 is 0 Å². The van der Waals surface area contributed by atoms with Crippen LogP contribution in [0, 0.1) is 0 Å². The molecule has 0 aromatic heterocycles. The minimum absolute atomic E-state index is 0.00750. The van der Waals surface area contributed by atoms with Crippen LogP contribution in [0.4, 0.5) is 0 Å². The lowest BCUT2D eigenvalue weighted by Gasteiger charge is -2.19. The second-order valence-electron chi connectivity index (χ2n) is 5.17. The molecule has 0 unspecified atom stereocenters. The maximum absolute atomic E-state index is 11.4. The molecule has 0 bridgehead atoms. The summed E-state index contributed by atoms with van der Waals surface area (Å²) < 4.78 is 12.5. The number of carbonyl (C=O) groups excluding carboxylic acids is 1. The van der Waals surface area contributed by atoms with Crippen molar-refractivity contribution in [1.82, 2.24) is 0 Å². The van der Waals surface area contributed by atoms with Crippen molar-refractivity contribution >= 4 is 37.8 Å². The number of hydrogen-bond donors (Lipinski definition) is 0. The van der Waals surface area contributed by atoms with Gasteiger partial charge < -0.3 is 9.47 Å². The molecule has 0 radical (unpaired) electrons. The fourth-order valence-electron chi connectivity index (χ4n) is 1.47. The predicted molar refractivity (Wildman–Crippen MR) is 82.2 cm³/mol. The molecule has 0 aliphatic rings. The second kappa shape index (κ2) is 7.41. The Hall–Kier alpha value is -0.390. The molecular weight excluding hydrogens is 376 g/mol. The molecule has 1 rings (SSSR count). The molecule has 0 N–H and O–H groups in total. The van der Waals surface area contributed by atoms with Crippen LogP contribution in [0.2, 0.25) is 0 Å². The zero-order valence-electron chi connectivity index (χ0n) is 11.3. The maximum Gasteiger partial charge on any atom is 0.332 e. The van der Waals surface area contributed by atoms with Crippen molar-refractivity contribution in [2.75, 3.05) is 13.2 Å². The Balaban J connectivity index is 2.29. The van der Waals surface area contributed by atoms with Crippen LogP contribution >= 0.6 is 31.9 Å². The summed E-state index contributed by atoms with van der Waals surface area (Å²) in [5, 5.41) is 0. The second-order valence-corrected chi connectivity index (χ2v) is 7.00. The van der Waals surface area contributed by atoms with Gasteiger partial charge in [0.2, 0.25) is 0 Å². The van der Waals surface area contributed by atoms with Crippen LogP contribution in [-0.2, 0) is 20.7 Å². The van der Waals surface area contributed by atoms with Gasteiger partial charge in [-0.25, -0.2) is 4.79 Å². The highest BCUT2D eigenvalue weighted by Crippen LogP contribution is 2.20. The number of rotatable bonds is 5. The third-order valence-electron chi connectivity index (χ3n) is 2.10. The van der Waals surface area contributed by atoms with E-state index in [4.69, 9.17) is 9.47 Å². The molecule has 5 heteroatoms. The average Bonchev–Trinajstić information content (AvgIpc) is 2.20. The summed E-state index contributed by atoms with van der Waals surface area (Å²) in [6.07, 6.45) is 0.751. The smallest absolute Gasteiger partial charge is 0.332 e. The Labute approximate surface area is 130 Å². The van der Waals surface area contributed by atoms with Crippen molar-refractivity contribution in [3.8, 4) is 0 Å². The number of halogens is 2. The van der Waals surface area contributed by atoms with Gasteiger partial charge in [0.15, 0.2) is 0 Å². The molecular formula is C14H18Br2O3. The number of esters is 1. The Bertz CT molecular complexity index is 419. The Morgan fingerprint density at radius 3 is 2.26 bits per heavy atom. The Morgan fingerprint density at radius 2 is 1.74 bits per heavy atom. The van der Waals surface area contributed by atoms with E-state index in [1.165, 1.54) is 0 Å². The van der Waals surface area contributed by atoms with Gasteiger partial charge in [0, 0.05) is 8.95 Å². The van der Waals surface area contributed by atoms with Gasteiger partial charge in [0.05, 0.1) is 6.61 Å². The molecule has 0 saturated carbocycles. The van der Waals surface area contributed by atoms with Gasteiger partial charge in [-0.15, -0.1) is 0 Å². The van der Waals surface area contributed by atoms with Gasteiger partial charge in [0.25, 0.3) is 0 Å². The zero-order chi connectivity index (χ0) is 14.5. The first-order valence-corrected chi connectivity index (χ1v) is 7.59. The highest BCUT2D eigenvalue weighted by Gasteiger charge is 2.15. The highest BCUT2D eigenvalue weighted by atomic mass is 79.9. The van der Waals surface area contributed by atoms with Gasteiger partial charge in [-0.05, 0) is 51.0 Å². The van der Waals surface area contributed by atoms with Crippen LogP contribution in [0.5, 0.6) is 0 Å². The summed E-state index contributed by atoms with van der Waals surface area (Å²) in [6, 6.07) is 6.04. The number of benzene rings is 1. The largest absolute Gasteiger partial charge is 0.458 e. The van der Waals surface area contributed by atoms with Gasteiger partial charge in [0.1, 0.15) is 12.2 Å². The molecule has 0 aliphatic heterocycles. The van der Waals surface area contributed by atoms with Crippen molar-refractivity contribution in [3.05, 3.63) is 32.7 Å². The summed E-state index contributed by atoms with van der Waals surface area (Å²) in [7, 11) is 0. The summed E-state index contributed by atoms with van der Waals surface area (Å²) >= 11 is 6.87. The predicted octanol–water partition coefficient (Wildman–Crippen LogP) is 4.11. The molecule has 1 aromatic rings. The van der Waals surface area contributed by atoms with Crippen LogP contribution in [0.1, 0.15) is 26.3 Å². The van der Waals surface area contributed by atoms with E-state index in [1.54, 1.807) is 0 Å². The lowest BCUT2D eigenvalue weighted by Crippen LogP contribution is -2.26. The first-order chi connectivity index (χ1) is 8.76. The molecule has 3 nitrogen and oxygen atoms in total. The van der Waals surface area contributed by atoms with Crippen LogP contribution in [-0.4, -0.2) is 24.8 Å². The maximum atomic E-state index is 11.4. The molecule has 0 aliphatic carbocycles. The number of carbonyl (C=O) groups is 1. The molecule has 0 spiro atoms. The summed E-state index contributed by atoms with van der Waals surface area (Å²) in [5.74, 6) is -0.331. The van der Waals surface area contributed by atoms with E-state index < -0.39 is 5.60 Å². The van der Waals surface area contributed by atoms with Crippen LogP contribution in [0.15, 0.2) is 27.1 Å². The number of ether oxygens (including phenoxy) is 2. The van der Waals surface area contributed by atoms with Crippen molar-refractivity contribution in [1.29, 1.82) is 0 Å². The van der Waals surface area contributed by atoms with Crippen LogP contribution in [0.3, 0.4) is 0 Å². The van der Waals surface area contributed by atoms with E-state index in [0.717, 1.165) is 20.9 Å². The minimum atomic E-state index is -0.463. The third kappa shape index (κ3) is 7.70. The lowest BCUT2D eigenvalue weighted by molar-refractivity contribution is -0.160. The van der Waals surface area contributed by atoms with Crippen molar-refractivity contribution in [3.63, 3.8) is 0 Å². The van der Waals surface area contributed by atoms with Crippen LogP contribution in [0.25, 0.3) is 0 Å². The van der Waals surface area contributed by atoms with Crippen molar-refractivity contribution < 1.29 is 14.3 Å². The number of hydrogen-bond acceptors (Lipinski definition) is 3. The van der Waals surface area contributed by atoms with Gasteiger partial charge in [-0.3, -0.25) is 0 Å². The molecule has 19 heavy (non-hydrogen) atoms. The molecule has 0 atom stereocenters. The molecule has 0 heterocycles. The molecule has 0 amide bonds. The molecule has 0 fully saturated rings. The van der Waals surface area contributed by atoms with Crippen molar-refractivity contribution in [2.24, 2.45) is 0 Å². The topological polar surface area (TPSA) is 35.5 Å². The third-order valence-corrected chi connectivity index (χ3v) is 3.01. The van der Waals surface area contributed by atoms with E-state index in [1.807, 2.05) is 39.0 Å².